The van der Waals surface area contributed by atoms with Crippen molar-refractivity contribution in [2.75, 3.05) is 23.1 Å². The molecule has 0 saturated heterocycles. The zero-order chi connectivity index (χ0) is 25.8. The quantitative estimate of drug-likeness (QED) is 0.232. The lowest BCUT2D eigenvalue weighted by Crippen LogP contribution is -2.15. The first-order chi connectivity index (χ1) is 18.0. The summed E-state index contributed by atoms with van der Waals surface area (Å²) in [6, 6.07) is 20.7. The van der Waals surface area contributed by atoms with Crippen LogP contribution in [0.3, 0.4) is 0 Å². The standard InChI is InChI=1S/C29H26N4O2S2/c1-36-23-12-5-19(6-13-23)28(34)30-21-9-3-18(4-10-21)27-32-25-16-11-22(17-26(25)33-27)31-29(35)20-7-14-24(37-2)15-8-20/h3-12,14-17,23H,13H2,1-2H3,(H,30,34)(H,31,35)(H,32,33). The van der Waals surface area contributed by atoms with E-state index in [0.717, 1.165) is 33.6 Å². The number of fused-ring (bicyclic) bond motifs is 1. The summed E-state index contributed by atoms with van der Waals surface area (Å²) in [6.45, 7) is 0. The van der Waals surface area contributed by atoms with Crippen molar-refractivity contribution < 1.29 is 9.59 Å². The van der Waals surface area contributed by atoms with Crippen LogP contribution in [0.15, 0.2) is 95.4 Å². The van der Waals surface area contributed by atoms with Gasteiger partial charge in [0, 0.05) is 38.2 Å². The maximum absolute atomic E-state index is 12.6. The average molecular weight is 527 g/mol. The van der Waals surface area contributed by atoms with Gasteiger partial charge in [0.2, 0.25) is 0 Å². The summed E-state index contributed by atoms with van der Waals surface area (Å²) in [5, 5.41) is 6.34. The molecule has 1 aliphatic carbocycles. The zero-order valence-corrected chi connectivity index (χ0v) is 22.1. The van der Waals surface area contributed by atoms with E-state index in [2.05, 4.69) is 32.9 Å². The van der Waals surface area contributed by atoms with Gasteiger partial charge < -0.3 is 15.6 Å². The molecule has 2 amide bonds. The number of imidazole rings is 1. The highest BCUT2D eigenvalue weighted by Crippen LogP contribution is 2.26. The number of carbonyl (C=O) groups excluding carboxylic acids is 2. The highest BCUT2D eigenvalue weighted by Gasteiger charge is 2.14. The number of nitrogens with one attached hydrogen (secondary N) is 3. The monoisotopic (exact) mass is 526 g/mol. The second kappa shape index (κ2) is 11.1. The lowest BCUT2D eigenvalue weighted by Gasteiger charge is -2.14. The number of anilines is 2. The fourth-order valence-corrected chi connectivity index (χ4v) is 4.96. The molecule has 0 saturated carbocycles. The van der Waals surface area contributed by atoms with Gasteiger partial charge in [-0.15, -0.1) is 11.8 Å². The Hall–Kier alpha value is -3.75. The van der Waals surface area contributed by atoms with Crippen molar-refractivity contribution in [2.24, 2.45) is 0 Å². The molecule has 0 fully saturated rings. The number of hydrogen-bond donors (Lipinski definition) is 3. The predicted molar refractivity (Wildman–Crippen MR) is 155 cm³/mol. The van der Waals surface area contributed by atoms with Crippen LogP contribution in [-0.4, -0.2) is 39.5 Å². The first-order valence-corrected chi connectivity index (χ1v) is 14.3. The van der Waals surface area contributed by atoms with Crippen molar-refractivity contribution in [3.63, 3.8) is 0 Å². The van der Waals surface area contributed by atoms with Crippen molar-refractivity contribution in [3.8, 4) is 11.4 Å². The van der Waals surface area contributed by atoms with Crippen molar-refractivity contribution >= 4 is 57.7 Å². The fraction of sp³-hybridized carbons (Fsp3) is 0.138. The Kier molecular flexibility index (Phi) is 7.48. The van der Waals surface area contributed by atoms with Crippen molar-refractivity contribution in [2.45, 2.75) is 16.6 Å². The number of H-pyrrole nitrogens is 1. The van der Waals surface area contributed by atoms with E-state index in [-0.39, 0.29) is 11.8 Å². The van der Waals surface area contributed by atoms with E-state index in [0.29, 0.717) is 27.9 Å². The van der Waals surface area contributed by atoms with Crippen molar-refractivity contribution in [1.82, 2.24) is 9.97 Å². The lowest BCUT2D eigenvalue weighted by atomic mass is 10.1. The van der Waals surface area contributed by atoms with Crippen LogP contribution >= 0.6 is 23.5 Å². The topological polar surface area (TPSA) is 86.9 Å². The predicted octanol–water partition coefficient (Wildman–Crippen LogP) is 6.76. The molecule has 1 aromatic heterocycles. The van der Waals surface area contributed by atoms with Gasteiger partial charge in [-0.2, -0.15) is 11.8 Å². The van der Waals surface area contributed by atoms with Crippen LogP contribution in [0.2, 0.25) is 0 Å². The van der Waals surface area contributed by atoms with Crippen LogP contribution in [0.25, 0.3) is 22.4 Å². The summed E-state index contributed by atoms with van der Waals surface area (Å²) in [7, 11) is 0. The maximum atomic E-state index is 12.6. The van der Waals surface area contributed by atoms with Gasteiger partial charge in [-0.1, -0.05) is 18.2 Å². The fourth-order valence-electron chi connectivity index (χ4n) is 4.03. The summed E-state index contributed by atoms with van der Waals surface area (Å²) in [4.78, 5) is 34.3. The van der Waals surface area contributed by atoms with E-state index in [9.17, 15) is 9.59 Å². The summed E-state index contributed by atoms with van der Waals surface area (Å²) >= 11 is 3.41. The molecule has 1 unspecified atom stereocenters. The number of aromatic nitrogens is 2. The van der Waals surface area contributed by atoms with E-state index < -0.39 is 0 Å². The molecule has 1 atom stereocenters. The molecular weight excluding hydrogens is 500 g/mol. The Labute approximate surface area is 224 Å². The molecule has 0 aliphatic heterocycles. The molecule has 6 nitrogen and oxygen atoms in total. The molecule has 37 heavy (non-hydrogen) atoms. The second-order valence-corrected chi connectivity index (χ2v) is 10.5. The number of carbonyl (C=O) groups is 2. The van der Waals surface area contributed by atoms with E-state index in [1.54, 1.807) is 23.5 Å². The summed E-state index contributed by atoms with van der Waals surface area (Å²) in [6.07, 6.45) is 10.9. The first-order valence-electron chi connectivity index (χ1n) is 11.8. The Morgan fingerprint density at radius 2 is 1.65 bits per heavy atom. The number of nitrogens with zero attached hydrogens (tertiary/aromatic N) is 1. The van der Waals surface area contributed by atoms with Gasteiger partial charge in [-0.05, 0) is 85.7 Å². The van der Waals surface area contributed by atoms with Crippen LogP contribution in [0, 0.1) is 0 Å². The molecule has 3 N–H and O–H groups in total. The number of aromatic amines is 1. The van der Waals surface area contributed by atoms with Gasteiger partial charge in [0.1, 0.15) is 5.82 Å². The molecule has 8 heteroatoms. The first kappa shape index (κ1) is 24.9. The molecule has 3 aromatic carbocycles. The van der Waals surface area contributed by atoms with Crippen LogP contribution in [-0.2, 0) is 4.79 Å². The number of amides is 2. The third-order valence-corrected chi connectivity index (χ3v) is 7.83. The number of benzene rings is 3. The summed E-state index contributed by atoms with van der Waals surface area (Å²) in [5.74, 6) is 0.444. The van der Waals surface area contributed by atoms with Crippen molar-refractivity contribution in [1.29, 1.82) is 0 Å². The highest BCUT2D eigenvalue weighted by atomic mass is 32.2. The molecular formula is C29H26N4O2S2. The molecule has 1 heterocycles. The van der Waals surface area contributed by atoms with Gasteiger partial charge in [0.25, 0.3) is 11.8 Å². The normalized spacial score (nSPS) is 14.9. The Morgan fingerprint density at radius 1 is 0.919 bits per heavy atom. The number of hydrogen-bond acceptors (Lipinski definition) is 5. The number of allylic oxidation sites excluding steroid dienone is 1. The van der Waals surface area contributed by atoms with Crippen LogP contribution in [0.1, 0.15) is 16.8 Å². The molecule has 186 valence electrons. The minimum Gasteiger partial charge on any atom is -0.338 e. The van der Waals surface area contributed by atoms with E-state index in [1.807, 2.05) is 85.1 Å². The minimum absolute atomic E-state index is 0.109. The summed E-state index contributed by atoms with van der Waals surface area (Å²) < 4.78 is 0. The largest absolute Gasteiger partial charge is 0.338 e. The molecule has 0 spiro atoms. The number of thioether (sulfide) groups is 2. The summed E-state index contributed by atoms with van der Waals surface area (Å²) in [5.41, 5.74) is 5.23. The number of rotatable bonds is 7. The van der Waals surface area contributed by atoms with Gasteiger partial charge >= 0.3 is 0 Å². The van der Waals surface area contributed by atoms with Gasteiger partial charge in [-0.3, -0.25) is 9.59 Å². The van der Waals surface area contributed by atoms with Gasteiger partial charge in [0.15, 0.2) is 0 Å². The Morgan fingerprint density at radius 3 is 2.32 bits per heavy atom. The van der Waals surface area contributed by atoms with Crippen molar-refractivity contribution in [3.05, 3.63) is 96.1 Å². The van der Waals surface area contributed by atoms with Crippen LogP contribution in [0.4, 0.5) is 11.4 Å². The maximum Gasteiger partial charge on any atom is 0.255 e. The molecule has 4 aromatic rings. The second-order valence-electron chi connectivity index (χ2n) is 8.56. The van der Waals surface area contributed by atoms with E-state index in [1.165, 1.54) is 0 Å². The molecule has 0 radical (unpaired) electrons. The Bertz CT molecular complexity index is 1510. The smallest absolute Gasteiger partial charge is 0.255 e. The van der Waals surface area contributed by atoms with Gasteiger partial charge in [0.05, 0.1) is 11.0 Å². The van der Waals surface area contributed by atoms with Crippen LogP contribution < -0.4 is 10.6 Å². The third kappa shape index (κ3) is 5.81. The highest BCUT2D eigenvalue weighted by molar-refractivity contribution is 7.99. The molecule has 5 rings (SSSR count). The molecule has 0 bridgehead atoms. The van der Waals surface area contributed by atoms with Crippen LogP contribution in [0.5, 0.6) is 0 Å². The Balaban J connectivity index is 1.26. The molecule has 1 aliphatic rings. The third-order valence-electron chi connectivity index (χ3n) is 6.13. The minimum atomic E-state index is -0.159. The SMILES string of the molecule is CSc1ccc(C(=O)Nc2ccc3nc(-c4ccc(NC(=O)C5=CCC(SC)C=C5)cc4)[nH]c3c2)cc1. The van der Waals surface area contributed by atoms with E-state index in [4.69, 9.17) is 0 Å². The zero-order valence-electron chi connectivity index (χ0n) is 20.4. The average Bonchev–Trinajstić information content (AvgIpc) is 3.37. The van der Waals surface area contributed by atoms with Gasteiger partial charge in [-0.25, -0.2) is 4.98 Å². The van der Waals surface area contributed by atoms with E-state index >= 15 is 0 Å². The lowest BCUT2D eigenvalue weighted by molar-refractivity contribution is -0.112.